The van der Waals surface area contributed by atoms with Gasteiger partial charge < -0.3 is 10.4 Å². The van der Waals surface area contributed by atoms with Crippen molar-refractivity contribution in [3.8, 4) is 6.07 Å². The molecule has 0 unspecified atom stereocenters. The Morgan fingerprint density at radius 2 is 2.20 bits per heavy atom. The van der Waals surface area contributed by atoms with Crippen LogP contribution >= 0.6 is 0 Å². The molecule has 0 heterocycles. The number of nitro benzene ring substituents is 1. The van der Waals surface area contributed by atoms with Gasteiger partial charge in [0.2, 0.25) is 0 Å². The highest BCUT2D eigenvalue weighted by molar-refractivity contribution is 5.64. The third-order valence-corrected chi connectivity index (χ3v) is 3.09. The number of aliphatic hydroxyl groups is 1. The lowest BCUT2D eigenvalue weighted by Gasteiger charge is -2.25. The lowest BCUT2D eigenvalue weighted by Crippen LogP contribution is -2.23. The maximum atomic E-state index is 11.0. The van der Waals surface area contributed by atoms with Gasteiger partial charge in [0.15, 0.2) is 0 Å². The number of nitro groups is 1. The van der Waals surface area contributed by atoms with Crippen molar-refractivity contribution in [2.24, 2.45) is 5.41 Å². The summed E-state index contributed by atoms with van der Waals surface area (Å²) in [4.78, 5) is 10.5. The van der Waals surface area contributed by atoms with E-state index in [0.717, 1.165) is 6.42 Å². The molecule has 6 nitrogen and oxygen atoms in total. The summed E-state index contributed by atoms with van der Waals surface area (Å²) in [6.07, 6.45) is 1.52. The van der Waals surface area contributed by atoms with Gasteiger partial charge in [0.05, 0.1) is 16.6 Å². The minimum atomic E-state index is -0.496. The Bertz CT molecular complexity index is 521. The summed E-state index contributed by atoms with van der Waals surface area (Å²) in [6, 6.07) is 6.26. The molecule has 1 aromatic carbocycles. The first-order valence-corrected chi connectivity index (χ1v) is 6.43. The van der Waals surface area contributed by atoms with Gasteiger partial charge in [0, 0.05) is 19.2 Å². The van der Waals surface area contributed by atoms with Gasteiger partial charge in [-0.3, -0.25) is 10.1 Å². The molecule has 0 fully saturated rings. The first-order chi connectivity index (χ1) is 9.39. The highest BCUT2D eigenvalue weighted by Crippen LogP contribution is 2.28. The summed E-state index contributed by atoms with van der Waals surface area (Å²) in [5, 5.41) is 31.7. The van der Waals surface area contributed by atoms with Crippen LogP contribution in [-0.4, -0.2) is 23.2 Å². The van der Waals surface area contributed by atoms with Crippen LogP contribution < -0.4 is 5.32 Å². The highest BCUT2D eigenvalue weighted by atomic mass is 16.6. The Morgan fingerprint density at radius 1 is 1.50 bits per heavy atom. The monoisotopic (exact) mass is 277 g/mol. The first-order valence-electron chi connectivity index (χ1n) is 6.43. The van der Waals surface area contributed by atoms with Gasteiger partial charge in [-0.25, -0.2) is 0 Å². The molecule has 0 bridgehead atoms. The molecular formula is C14H19N3O3. The van der Waals surface area contributed by atoms with Crippen molar-refractivity contribution in [3.63, 3.8) is 0 Å². The molecule has 0 aliphatic heterocycles. The van der Waals surface area contributed by atoms with Crippen LogP contribution in [0.2, 0.25) is 0 Å². The van der Waals surface area contributed by atoms with Crippen LogP contribution in [0, 0.1) is 26.9 Å². The van der Waals surface area contributed by atoms with E-state index in [1.165, 1.54) is 6.07 Å². The Morgan fingerprint density at radius 3 is 2.75 bits per heavy atom. The predicted octanol–water partition coefficient (Wildman–Crippen LogP) is 2.68. The normalized spacial score (nSPS) is 10.9. The molecule has 0 atom stereocenters. The molecule has 1 aromatic rings. The van der Waals surface area contributed by atoms with Crippen LogP contribution in [0.3, 0.4) is 0 Å². The fourth-order valence-corrected chi connectivity index (χ4v) is 1.88. The molecule has 1 rings (SSSR count). The minimum absolute atomic E-state index is 0.0789. The maximum absolute atomic E-state index is 11.0. The fourth-order valence-electron chi connectivity index (χ4n) is 1.88. The number of rotatable bonds is 7. The van der Waals surface area contributed by atoms with Crippen LogP contribution in [0.15, 0.2) is 18.2 Å². The van der Waals surface area contributed by atoms with Gasteiger partial charge in [0.1, 0.15) is 5.69 Å². The van der Waals surface area contributed by atoms with Crippen molar-refractivity contribution in [1.82, 2.24) is 0 Å². The average molecular weight is 277 g/mol. The number of nitriles is 1. The molecule has 0 radical (unpaired) electrons. The van der Waals surface area contributed by atoms with E-state index in [2.05, 4.69) is 5.32 Å². The lowest BCUT2D eigenvalue weighted by molar-refractivity contribution is -0.384. The third-order valence-electron chi connectivity index (χ3n) is 3.09. The Kier molecular flexibility index (Phi) is 5.47. The van der Waals surface area contributed by atoms with Gasteiger partial charge in [-0.05, 0) is 30.4 Å². The lowest BCUT2D eigenvalue weighted by atomic mass is 9.88. The van der Waals surface area contributed by atoms with Crippen molar-refractivity contribution in [1.29, 1.82) is 5.26 Å². The van der Waals surface area contributed by atoms with Crippen LogP contribution in [-0.2, 0) is 0 Å². The van der Waals surface area contributed by atoms with E-state index in [0.29, 0.717) is 18.7 Å². The topological polar surface area (TPSA) is 99.2 Å². The molecule has 0 aliphatic carbocycles. The maximum Gasteiger partial charge on any atom is 0.293 e. The van der Waals surface area contributed by atoms with Gasteiger partial charge in [-0.15, -0.1) is 0 Å². The Labute approximate surface area is 118 Å². The van der Waals surface area contributed by atoms with E-state index in [1.54, 1.807) is 12.1 Å². The number of hydrogen-bond acceptors (Lipinski definition) is 5. The highest BCUT2D eigenvalue weighted by Gasteiger charge is 2.20. The third kappa shape index (κ3) is 4.52. The van der Waals surface area contributed by atoms with E-state index in [4.69, 9.17) is 10.4 Å². The molecule has 20 heavy (non-hydrogen) atoms. The molecule has 0 saturated carbocycles. The summed E-state index contributed by atoms with van der Waals surface area (Å²) in [5.41, 5.74) is 0.500. The summed E-state index contributed by atoms with van der Waals surface area (Å²) in [6.45, 7) is 4.76. The quantitative estimate of drug-likeness (QED) is 0.589. The second-order valence-electron chi connectivity index (χ2n) is 5.45. The fraction of sp³-hybridized carbons (Fsp3) is 0.500. The number of anilines is 1. The van der Waals surface area contributed by atoms with Crippen LogP contribution in [0.1, 0.15) is 32.3 Å². The van der Waals surface area contributed by atoms with Gasteiger partial charge in [-0.2, -0.15) is 5.26 Å². The van der Waals surface area contributed by atoms with E-state index in [-0.39, 0.29) is 23.3 Å². The molecule has 2 N–H and O–H groups in total. The summed E-state index contributed by atoms with van der Waals surface area (Å²) in [5.74, 6) is 0. The zero-order valence-corrected chi connectivity index (χ0v) is 11.7. The van der Waals surface area contributed by atoms with Crippen molar-refractivity contribution in [2.45, 2.75) is 26.7 Å². The van der Waals surface area contributed by atoms with Gasteiger partial charge >= 0.3 is 0 Å². The summed E-state index contributed by atoms with van der Waals surface area (Å²) in [7, 11) is 0. The number of hydrogen-bond donors (Lipinski definition) is 2. The first kappa shape index (κ1) is 15.9. The van der Waals surface area contributed by atoms with E-state index in [1.807, 2.05) is 19.9 Å². The van der Waals surface area contributed by atoms with Gasteiger partial charge in [-0.1, -0.05) is 13.8 Å². The standard InChI is InChI=1S/C14H19N3O3/c1-14(2,6-3-7-18)10-16-12-5-4-11(9-15)8-13(12)17(19)20/h4-5,8,16,18H,3,6-7,10H2,1-2H3. The van der Waals surface area contributed by atoms with Gasteiger partial charge in [0.25, 0.3) is 5.69 Å². The predicted molar refractivity (Wildman–Crippen MR) is 76.4 cm³/mol. The van der Waals surface area contributed by atoms with Crippen LogP contribution in [0.5, 0.6) is 0 Å². The summed E-state index contributed by atoms with van der Waals surface area (Å²) < 4.78 is 0. The SMILES string of the molecule is CC(C)(CCCO)CNc1ccc(C#N)cc1[N+](=O)[O-]. The van der Waals surface area contributed by atoms with Crippen molar-refractivity contribution in [2.75, 3.05) is 18.5 Å². The van der Waals surface area contributed by atoms with Crippen LogP contribution in [0.4, 0.5) is 11.4 Å². The molecule has 6 heteroatoms. The molecule has 108 valence electrons. The van der Waals surface area contributed by atoms with Crippen LogP contribution in [0.25, 0.3) is 0 Å². The number of aliphatic hydroxyl groups excluding tert-OH is 1. The molecule has 0 saturated heterocycles. The number of nitrogens with one attached hydrogen (secondary N) is 1. The molecule has 0 aliphatic rings. The second kappa shape index (κ2) is 6.87. The van der Waals surface area contributed by atoms with E-state index in [9.17, 15) is 10.1 Å². The largest absolute Gasteiger partial charge is 0.396 e. The molecule has 0 spiro atoms. The molecule has 0 amide bonds. The Balaban J connectivity index is 2.82. The average Bonchev–Trinajstić information content (AvgIpc) is 2.42. The number of nitrogens with zero attached hydrogens (tertiary/aromatic N) is 2. The number of benzene rings is 1. The Hall–Kier alpha value is -2.13. The molecule has 0 aromatic heterocycles. The zero-order valence-electron chi connectivity index (χ0n) is 11.7. The smallest absolute Gasteiger partial charge is 0.293 e. The van der Waals surface area contributed by atoms with Crippen molar-refractivity contribution in [3.05, 3.63) is 33.9 Å². The molecular weight excluding hydrogens is 258 g/mol. The zero-order chi connectivity index (χ0) is 15.2. The van der Waals surface area contributed by atoms with Crippen molar-refractivity contribution < 1.29 is 10.0 Å². The minimum Gasteiger partial charge on any atom is -0.396 e. The second-order valence-corrected chi connectivity index (χ2v) is 5.45. The summed E-state index contributed by atoms with van der Waals surface area (Å²) >= 11 is 0. The van der Waals surface area contributed by atoms with E-state index < -0.39 is 4.92 Å². The van der Waals surface area contributed by atoms with E-state index >= 15 is 0 Å². The van der Waals surface area contributed by atoms with Crippen molar-refractivity contribution >= 4 is 11.4 Å².